The molecule has 0 spiro atoms. The summed E-state index contributed by atoms with van der Waals surface area (Å²) >= 11 is 0. The number of ether oxygens (including phenoxy) is 3. The van der Waals surface area contributed by atoms with E-state index in [1.54, 1.807) is 14.7 Å². The summed E-state index contributed by atoms with van der Waals surface area (Å²) in [7, 11) is 0. The molecule has 408 valence electrons. The molecule has 25 nitrogen and oxygen atoms in total. The molecule has 0 bridgehead atoms. The van der Waals surface area contributed by atoms with Crippen LogP contribution in [-0.4, -0.2) is 251 Å². The topological polar surface area (TPSA) is 327 Å². The lowest BCUT2D eigenvalue weighted by Crippen LogP contribution is -2.49. The number of ketones is 1. The van der Waals surface area contributed by atoms with Gasteiger partial charge >= 0.3 is 17.9 Å². The van der Waals surface area contributed by atoms with E-state index in [0.29, 0.717) is 124 Å². The first-order valence-corrected chi connectivity index (χ1v) is 24.8. The molecule has 1 atom stereocenters. The number of hydrogen-bond acceptors (Lipinski definition) is 17. The lowest BCUT2D eigenvalue weighted by molar-refractivity contribution is -0.140. The first-order chi connectivity index (χ1) is 33.8. The molecule has 1 fully saturated rings. The number of aliphatic carboxylic acids is 3. The molecule has 1 aliphatic rings. The Bertz CT molecular complexity index is 1580. The van der Waals surface area contributed by atoms with Crippen molar-refractivity contribution in [2.24, 2.45) is 5.92 Å². The van der Waals surface area contributed by atoms with Gasteiger partial charge in [-0.25, -0.2) is 0 Å². The van der Waals surface area contributed by atoms with Crippen molar-refractivity contribution >= 4 is 53.2 Å². The number of nitrogens with zero attached hydrogens (tertiary/aromatic N) is 4. The molecule has 1 saturated heterocycles. The highest BCUT2D eigenvalue weighted by molar-refractivity contribution is 5.89. The lowest BCUT2D eigenvalue weighted by atomic mass is 9.96. The van der Waals surface area contributed by atoms with Crippen molar-refractivity contribution < 1.29 is 72.7 Å². The Morgan fingerprint density at radius 2 is 0.789 bits per heavy atom. The van der Waals surface area contributed by atoms with Gasteiger partial charge in [-0.05, 0) is 32.1 Å². The van der Waals surface area contributed by atoms with Crippen LogP contribution in [0.15, 0.2) is 0 Å². The average Bonchev–Trinajstić information content (AvgIpc) is 3.30. The number of amides is 5. The SMILES string of the molecule is CC(C)N[C@H](CCCCNC(=O)CNC(=O)CNC(=O)CCC(=O)NCCCOCCOCCOCCCNC(=O)CN1CCN(CC(=O)O)CCN(CC(=O)O)CCN(CC(=O)O)CC1)C(=O)C(C)C. The molecule has 25 heteroatoms. The summed E-state index contributed by atoms with van der Waals surface area (Å²) in [4.78, 5) is 115. The summed E-state index contributed by atoms with van der Waals surface area (Å²) in [5, 5.41) is 44.6. The van der Waals surface area contributed by atoms with Crippen LogP contribution in [0.1, 0.15) is 72.6 Å². The van der Waals surface area contributed by atoms with Crippen LogP contribution in [0, 0.1) is 5.92 Å². The van der Waals surface area contributed by atoms with E-state index in [-0.39, 0.29) is 107 Å². The van der Waals surface area contributed by atoms with Crippen LogP contribution >= 0.6 is 0 Å². The van der Waals surface area contributed by atoms with Crippen LogP contribution in [0.2, 0.25) is 0 Å². The zero-order valence-corrected chi connectivity index (χ0v) is 42.5. The van der Waals surface area contributed by atoms with Crippen LogP contribution < -0.4 is 31.9 Å². The molecule has 71 heavy (non-hydrogen) atoms. The summed E-state index contributed by atoms with van der Waals surface area (Å²) in [6.07, 6.45) is 3.04. The van der Waals surface area contributed by atoms with E-state index in [1.165, 1.54) is 0 Å². The van der Waals surface area contributed by atoms with Gasteiger partial charge < -0.3 is 61.4 Å². The first kappa shape index (κ1) is 64.1. The lowest BCUT2D eigenvalue weighted by Gasteiger charge is -2.32. The fraction of sp³-hybridized carbons (Fsp3) is 0.804. The standard InChI is InChI=1S/C46H84N10O15/c1-35(2)46(68)37(52-36(3)4)9-5-6-12-48-40(59)29-51-41(60)30-50-39(58)11-10-38(57)47-13-7-23-69-25-27-71-28-26-70-24-8-14-49-42(61)31-53-15-17-54(32-43(62)63)19-21-56(34-45(66)67)22-20-55(18-16-53)33-44(64)65/h35-37,52H,5-34H2,1-4H3,(H,47,57)(H,48,59)(H,49,61)(H,50,58)(H,51,60)(H,62,63)(H,64,65)(H,66,67)/t37-/m1/s1. The molecular weight excluding hydrogens is 933 g/mol. The molecule has 0 aromatic heterocycles. The molecule has 0 unspecified atom stereocenters. The maximum absolute atomic E-state index is 12.8. The minimum absolute atomic E-state index is 0.0282. The van der Waals surface area contributed by atoms with Gasteiger partial charge in [0.2, 0.25) is 29.5 Å². The van der Waals surface area contributed by atoms with Crippen molar-refractivity contribution in [3.05, 3.63) is 0 Å². The van der Waals surface area contributed by atoms with Crippen LogP contribution in [0.25, 0.3) is 0 Å². The quantitative estimate of drug-likeness (QED) is 0.0287. The second kappa shape index (κ2) is 39.7. The monoisotopic (exact) mass is 1020 g/mol. The predicted molar refractivity (Wildman–Crippen MR) is 260 cm³/mol. The van der Waals surface area contributed by atoms with Crippen LogP contribution in [0.4, 0.5) is 0 Å². The van der Waals surface area contributed by atoms with Gasteiger partial charge in [0.25, 0.3) is 0 Å². The minimum atomic E-state index is -1.03. The van der Waals surface area contributed by atoms with Gasteiger partial charge in [-0.15, -0.1) is 0 Å². The van der Waals surface area contributed by atoms with Gasteiger partial charge in [-0.1, -0.05) is 27.7 Å². The van der Waals surface area contributed by atoms with Crippen molar-refractivity contribution in [1.82, 2.24) is 51.5 Å². The maximum atomic E-state index is 12.8. The van der Waals surface area contributed by atoms with E-state index in [0.717, 1.165) is 6.42 Å². The van der Waals surface area contributed by atoms with E-state index in [9.17, 15) is 58.5 Å². The Morgan fingerprint density at radius 3 is 1.21 bits per heavy atom. The molecule has 0 aliphatic carbocycles. The number of unbranched alkanes of at least 4 members (excludes halogenated alkanes) is 1. The van der Waals surface area contributed by atoms with E-state index in [1.807, 2.05) is 32.6 Å². The normalized spacial score (nSPS) is 15.0. The van der Waals surface area contributed by atoms with Crippen molar-refractivity contribution in [1.29, 1.82) is 0 Å². The number of carbonyl (C=O) groups excluding carboxylic acids is 6. The number of Topliss-reactive ketones (excluding diaryl/α,β-unsaturated/α-hetero) is 1. The summed E-state index contributed by atoms with van der Waals surface area (Å²) in [6.45, 7) is 12.2. The summed E-state index contributed by atoms with van der Waals surface area (Å²) < 4.78 is 16.6. The predicted octanol–water partition coefficient (Wildman–Crippen LogP) is -2.59. The van der Waals surface area contributed by atoms with Crippen molar-refractivity contribution in [3.8, 4) is 0 Å². The highest BCUT2D eigenvalue weighted by Gasteiger charge is 2.23. The van der Waals surface area contributed by atoms with Crippen LogP contribution in [-0.2, 0) is 57.4 Å². The highest BCUT2D eigenvalue weighted by atomic mass is 16.5. The number of nitrogens with one attached hydrogen (secondary N) is 6. The zero-order chi connectivity index (χ0) is 52.8. The molecule has 1 aliphatic heterocycles. The van der Waals surface area contributed by atoms with Gasteiger partial charge in [0.15, 0.2) is 5.78 Å². The molecule has 1 rings (SSSR count). The molecule has 1 heterocycles. The summed E-state index contributed by atoms with van der Waals surface area (Å²) in [5.41, 5.74) is 0. The molecule has 0 saturated carbocycles. The summed E-state index contributed by atoms with van der Waals surface area (Å²) in [5.74, 6) is -4.92. The number of carboxylic acids is 3. The Morgan fingerprint density at radius 1 is 0.437 bits per heavy atom. The number of rotatable bonds is 38. The molecular formula is C46H84N10O15. The Hall–Kier alpha value is -4.89. The Balaban J connectivity index is 2.11. The highest BCUT2D eigenvalue weighted by Crippen LogP contribution is 2.09. The fourth-order valence-corrected chi connectivity index (χ4v) is 7.09. The van der Waals surface area contributed by atoms with Crippen molar-refractivity contribution in [3.63, 3.8) is 0 Å². The van der Waals surface area contributed by atoms with Gasteiger partial charge in [-0.2, -0.15) is 0 Å². The van der Waals surface area contributed by atoms with E-state index < -0.39 is 29.7 Å². The van der Waals surface area contributed by atoms with Crippen molar-refractivity contribution in [2.75, 3.05) is 151 Å². The number of carbonyl (C=O) groups is 9. The smallest absolute Gasteiger partial charge is 0.317 e. The molecule has 0 radical (unpaired) electrons. The largest absolute Gasteiger partial charge is 0.480 e. The Kier molecular flexibility index (Phi) is 35.8. The molecule has 9 N–H and O–H groups in total. The first-order valence-electron chi connectivity index (χ1n) is 24.8. The number of hydrogen-bond donors (Lipinski definition) is 9. The van der Waals surface area contributed by atoms with Crippen LogP contribution in [0.3, 0.4) is 0 Å². The zero-order valence-electron chi connectivity index (χ0n) is 42.5. The molecule has 0 aromatic carbocycles. The van der Waals surface area contributed by atoms with Gasteiger partial charge in [0, 0.05) is 110 Å². The van der Waals surface area contributed by atoms with E-state index in [2.05, 4.69) is 31.9 Å². The van der Waals surface area contributed by atoms with Gasteiger partial charge in [-0.3, -0.25) is 62.8 Å². The van der Waals surface area contributed by atoms with Crippen molar-refractivity contribution in [2.45, 2.75) is 84.7 Å². The third-order valence-corrected chi connectivity index (χ3v) is 10.9. The van der Waals surface area contributed by atoms with E-state index in [4.69, 9.17) is 14.2 Å². The second-order valence-electron chi connectivity index (χ2n) is 17.9. The maximum Gasteiger partial charge on any atom is 0.317 e. The van der Waals surface area contributed by atoms with E-state index >= 15 is 0 Å². The summed E-state index contributed by atoms with van der Waals surface area (Å²) in [6, 6.07) is -0.0394. The fourth-order valence-electron chi connectivity index (χ4n) is 7.09. The third-order valence-electron chi connectivity index (χ3n) is 10.9. The third kappa shape index (κ3) is 36.7. The molecule has 5 amide bonds. The van der Waals surface area contributed by atoms with Crippen LogP contribution in [0.5, 0.6) is 0 Å². The average molecular weight is 1020 g/mol. The molecule has 0 aromatic rings. The second-order valence-corrected chi connectivity index (χ2v) is 17.9. The Labute approximate surface area is 418 Å². The number of carboxylic acid groups (broad SMARTS) is 3. The minimum Gasteiger partial charge on any atom is -0.480 e. The van der Waals surface area contributed by atoms with Gasteiger partial charge in [0.05, 0.1) is 71.7 Å². The van der Waals surface area contributed by atoms with Gasteiger partial charge in [0.1, 0.15) is 0 Å².